The molecule has 72 valence electrons. The summed E-state index contributed by atoms with van der Waals surface area (Å²) in [4.78, 5) is 17.1. The average molecular weight is 253 g/mol. The Bertz CT molecular complexity index is 384. The van der Waals surface area contributed by atoms with Crippen molar-refractivity contribution in [3.63, 3.8) is 0 Å². The fourth-order valence-electron chi connectivity index (χ4n) is 0.933. The smallest absolute Gasteiger partial charge is 0.274 e. The van der Waals surface area contributed by atoms with Crippen LogP contribution in [0.1, 0.15) is 10.5 Å². The topological polar surface area (TPSA) is 33.2 Å². The minimum atomic E-state index is -0.185. The molecule has 3 nitrogen and oxygen atoms in total. The Morgan fingerprint density at radius 2 is 2.50 bits per heavy atom. The lowest BCUT2D eigenvalue weighted by Gasteiger charge is -2.13. The van der Waals surface area contributed by atoms with Gasteiger partial charge in [0.1, 0.15) is 5.69 Å². The summed E-state index contributed by atoms with van der Waals surface area (Å²) in [6, 6.07) is 3.52. The van der Waals surface area contributed by atoms with E-state index < -0.39 is 0 Å². The number of amides is 1. The Morgan fingerprint density at radius 3 is 3.07 bits per heavy atom. The summed E-state index contributed by atoms with van der Waals surface area (Å²) in [6.45, 7) is 0.280. The Balaban J connectivity index is 2.91. The number of terminal acetylenes is 1. The van der Waals surface area contributed by atoms with Crippen LogP contribution in [0.15, 0.2) is 22.8 Å². The lowest BCUT2D eigenvalue weighted by molar-refractivity contribution is 0.0806. The summed E-state index contributed by atoms with van der Waals surface area (Å²) < 4.78 is 0.675. The third-order valence-electron chi connectivity index (χ3n) is 1.64. The van der Waals surface area contributed by atoms with E-state index in [1.807, 2.05) is 0 Å². The minimum absolute atomic E-state index is 0.185. The molecule has 1 rings (SSSR count). The van der Waals surface area contributed by atoms with Crippen LogP contribution < -0.4 is 0 Å². The highest BCUT2D eigenvalue weighted by Gasteiger charge is 2.14. The molecular weight excluding hydrogens is 244 g/mol. The molecule has 4 heteroatoms. The van der Waals surface area contributed by atoms with Gasteiger partial charge in [0.05, 0.1) is 6.54 Å². The van der Waals surface area contributed by atoms with Crippen molar-refractivity contribution in [3.05, 3.63) is 28.5 Å². The summed E-state index contributed by atoms with van der Waals surface area (Å²) >= 11 is 3.25. The van der Waals surface area contributed by atoms with E-state index >= 15 is 0 Å². The summed E-state index contributed by atoms with van der Waals surface area (Å²) in [5, 5.41) is 0. The number of hydrogen-bond donors (Lipinski definition) is 0. The highest BCUT2D eigenvalue weighted by molar-refractivity contribution is 9.10. The molecule has 14 heavy (non-hydrogen) atoms. The zero-order chi connectivity index (χ0) is 10.6. The maximum Gasteiger partial charge on any atom is 0.274 e. The molecule has 0 fully saturated rings. The minimum Gasteiger partial charge on any atom is -0.329 e. The van der Waals surface area contributed by atoms with Gasteiger partial charge in [-0.1, -0.05) is 5.92 Å². The lowest BCUT2D eigenvalue weighted by Crippen LogP contribution is -2.28. The van der Waals surface area contributed by atoms with Crippen molar-refractivity contribution >= 4 is 21.8 Å². The molecule has 0 aliphatic carbocycles. The predicted octanol–water partition coefficient (Wildman–Crippen LogP) is 1.55. The first-order valence-electron chi connectivity index (χ1n) is 3.96. The maximum absolute atomic E-state index is 11.7. The van der Waals surface area contributed by atoms with Crippen molar-refractivity contribution < 1.29 is 4.79 Å². The van der Waals surface area contributed by atoms with Crippen molar-refractivity contribution in [2.45, 2.75) is 0 Å². The van der Waals surface area contributed by atoms with E-state index in [9.17, 15) is 4.79 Å². The second kappa shape index (κ2) is 4.77. The van der Waals surface area contributed by atoms with Gasteiger partial charge in [0.15, 0.2) is 0 Å². The van der Waals surface area contributed by atoms with E-state index in [2.05, 4.69) is 26.8 Å². The average Bonchev–Trinajstić information content (AvgIpc) is 2.18. The molecule has 0 atom stereocenters. The Kier molecular flexibility index (Phi) is 3.66. The van der Waals surface area contributed by atoms with E-state index in [1.54, 1.807) is 25.4 Å². The monoisotopic (exact) mass is 252 g/mol. The summed E-state index contributed by atoms with van der Waals surface area (Å²) in [6.07, 6.45) is 6.68. The molecular formula is C10H9BrN2O. The van der Waals surface area contributed by atoms with Gasteiger partial charge in [0.25, 0.3) is 5.91 Å². The molecule has 0 unspecified atom stereocenters. The van der Waals surface area contributed by atoms with Gasteiger partial charge in [-0.05, 0) is 28.1 Å². The van der Waals surface area contributed by atoms with Crippen molar-refractivity contribution in [1.82, 2.24) is 9.88 Å². The van der Waals surface area contributed by atoms with Gasteiger partial charge < -0.3 is 4.90 Å². The van der Waals surface area contributed by atoms with Crippen LogP contribution in [-0.2, 0) is 0 Å². The van der Waals surface area contributed by atoms with Gasteiger partial charge in [-0.25, -0.2) is 4.98 Å². The number of carbonyl (C=O) groups is 1. The molecule has 0 spiro atoms. The third kappa shape index (κ3) is 2.33. The quantitative estimate of drug-likeness (QED) is 0.749. The lowest BCUT2D eigenvalue weighted by atomic mass is 10.3. The number of aromatic nitrogens is 1. The number of nitrogens with zero attached hydrogens (tertiary/aromatic N) is 2. The molecule has 0 aliphatic rings. The van der Waals surface area contributed by atoms with E-state index in [0.29, 0.717) is 10.2 Å². The molecule has 0 saturated carbocycles. The van der Waals surface area contributed by atoms with Gasteiger partial charge in [-0.15, -0.1) is 6.42 Å². The molecule has 1 aromatic rings. The molecule has 0 aliphatic heterocycles. The molecule has 0 N–H and O–H groups in total. The van der Waals surface area contributed by atoms with Crippen LogP contribution in [0, 0.1) is 12.3 Å². The Hall–Kier alpha value is -1.34. The van der Waals surface area contributed by atoms with Crippen LogP contribution in [0.3, 0.4) is 0 Å². The van der Waals surface area contributed by atoms with Crippen molar-refractivity contribution in [1.29, 1.82) is 0 Å². The number of halogens is 1. The number of carbonyl (C=O) groups excluding carboxylic acids is 1. The van der Waals surface area contributed by atoms with Gasteiger partial charge in [0.2, 0.25) is 0 Å². The Morgan fingerprint density at radius 1 is 1.79 bits per heavy atom. The number of rotatable bonds is 2. The van der Waals surface area contributed by atoms with E-state index in [0.717, 1.165) is 0 Å². The van der Waals surface area contributed by atoms with Crippen LogP contribution in [0.5, 0.6) is 0 Å². The molecule has 1 heterocycles. The fourth-order valence-corrected chi connectivity index (χ4v) is 1.36. The van der Waals surface area contributed by atoms with Crippen LogP contribution in [0.2, 0.25) is 0 Å². The largest absolute Gasteiger partial charge is 0.329 e. The third-order valence-corrected chi connectivity index (χ3v) is 2.28. The number of pyridine rings is 1. The Labute approximate surface area is 91.3 Å². The molecule has 1 amide bonds. The van der Waals surface area contributed by atoms with Gasteiger partial charge in [0, 0.05) is 17.7 Å². The molecule has 0 aromatic carbocycles. The normalized spacial score (nSPS) is 9.21. The van der Waals surface area contributed by atoms with Crippen molar-refractivity contribution in [2.75, 3.05) is 13.6 Å². The first-order chi connectivity index (χ1) is 6.66. The van der Waals surface area contributed by atoms with E-state index in [1.165, 1.54) is 4.90 Å². The van der Waals surface area contributed by atoms with Crippen LogP contribution in [-0.4, -0.2) is 29.4 Å². The SMILES string of the molecule is C#CCN(C)C(=O)c1ncccc1Br. The maximum atomic E-state index is 11.7. The highest BCUT2D eigenvalue weighted by atomic mass is 79.9. The summed E-state index contributed by atoms with van der Waals surface area (Å²) in [7, 11) is 1.64. The first-order valence-corrected chi connectivity index (χ1v) is 4.75. The van der Waals surface area contributed by atoms with Gasteiger partial charge in [-0.2, -0.15) is 0 Å². The van der Waals surface area contributed by atoms with Gasteiger partial charge >= 0.3 is 0 Å². The standard InChI is InChI=1S/C10H9BrN2O/c1-3-7-13(2)10(14)9-8(11)5-4-6-12-9/h1,4-6H,7H2,2H3. The zero-order valence-corrected chi connectivity index (χ0v) is 9.28. The fraction of sp³-hybridized carbons (Fsp3) is 0.200. The van der Waals surface area contributed by atoms with E-state index in [-0.39, 0.29) is 12.5 Å². The second-order valence-corrected chi connectivity index (χ2v) is 3.55. The second-order valence-electron chi connectivity index (χ2n) is 2.70. The van der Waals surface area contributed by atoms with E-state index in [4.69, 9.17) is 6.42 Å². The highest BCUT2D eigenvalue weighted by Crippen LogP contribution is 2.14. The zero-order valence-electron chi connectivity index (χ0n) is 7.70. The predicted molar refractivity (Wildman–Crippen MR) is 57.7 cm³/mol. The van der Waals surface area contributed by atoms with Crippen molar-refractivity contribution in [2.24, 2.45) is 0 Å². The van der Waals surface area contributed by atoms with Gasteiger partial charge in [-0.3, -0.25) is 4.79 Å². The number of hydrogen-bond acceptors (Lipinski definition) is 2. The molecule has 0 saturated heterocycles. The van der Waals surface area contributed by atoms with Crippen molar-refractivity contribution in [3.8, 4) is 12.3 Å². The molecule has 0 radical (unpaired) electrons. The molecule has 0 bridgehead atoms. The van der Waals surface area contributed by atoms with Crippen LogP contribution >= 0.6 is 15.9 Å². The molecule has 1 aromatic heterocycles. The summed E-state index contributed by atoms with van der Waals surface area (Å²) in [5.74, 6) is 2.21. The van der Waals surface area contributed by atoms with Crippen LogP contribution in [0.25, 0.3) is 0 Å². The van der Waals surface area contributed by atoms with Crippen LogP contribution in [0.4, 0.5) is 0 Å². The summed E-state index contributed by atoms with van der Waals surface area (Å²) in [5.41, 5.74) is 0.380. The first kappa shape index (κ1) is 10.7.